The van der Waals surface area contributed by atoms with Gasteiger partial charge in [-0.05, 0) is 19.2 Å². The van der Waals surface area contributed by atoms with E-state index in [1.807, 2.05) is 0 Å². The molecular weight excluding hydrogens is 249 g/mol. The van der Waals surface area contributed by atoms with Crippen molar-refractivity contribution in [3.8, 4) is 5.75 Å². The molecule has 0 aliphatic heterocycles. The lowest BCUT2D eigenvalue weighted by molar-refractivity contribution is 0.172. The Balaban J connectivity index is 3.39. The molecule has 1 aromatic rings. The molecule has 0 bridgehead atoms. The van der Waals surface area contributed by atoms with Gasteiger partial charge in [0, 0.05) is 18.4 Å². The number of halogens is 1. The number of aromatic hydroxyl groups is 1. The van der Waals surface area contributed by atoms with Crippen LogP contribution in [0.4, 0.5) is 4.39 Å². The van der Waals surface area contributed by atoms with Crippen LogP contribution in [-0.2, 0) is 9.84 Å². The Labute approximate surface area is 98.8 Å². The van der Waals surface area contributed by atoms with Gasteiger partial charge >= 0.3 is 0 Å². The van der Waals surface area contributed by atoms with Gasteiger partial charge in [0.25, 0.3) is 0 Å². The maximum Gasteiger partial charge on any atom is 0.182 e. The van der Waals surface area contributed by atoms with E-state index in [1.165, 1.54) is 0 Å². The van der Waals surface area contributed by atoms with Gasteiger partial charge in [0.15, 0.2) is 15.7 Å². The SMILES string of the molecule is CNCC(O)c1ccc(O)c(S(C)(=O)=O)c1F. The minimum atomic E-state index is -3.89. The van der Waals surface area contributed by atoms with Crippen LogP contribution < -0.4 is 5.32 Å². The predicted molar refractivity (Wildman–Crippen MR) is 60.1 cm³/mol. The largest absolute Gasteiger partial charge is 0.506 e. The first-order chi connectivity index (χ1) is 7.79. The Bertz CT molecular complexity index is 515. The van der Waals surface area contributed by atoms with Crippen molar-refractivity contribution in [3.63, 3.8) is 0 Å². The van der Waals surface area contributed by atoms with E-state index in [0.717, 1.165) is 18.4 Å². The summed E-state index contributed by atoms with van der Waals surface area (Å²) < 4.78 is 36.5. The molecule has 0 spiro atoms. The lowest BCUT2D eigenvalue weighted by Crippen LogP contribution is -2.18. The Morgan fingerprint density at radius 2 is 2.06 bits per heavy atom. The smallest absolute Gasteiger partial charge is 0.182 e. The van der Waals surface area contributed by atoms with Crippen LogP contribution in [0, 0.1) is 5.82 Å². The minimum absolute atomic E-state index is 0.0743. The zero-order valence-corrected chi connectivity index (χ0v) is 10.3. The maximum atomic E-state index is 13.9. The van der Waals surface area contributed by atoms with Crippen molar-refractivity contribution in [1.82, 2.24) is 5.32 Å². The number of aliphatic hydroxyl groups is 1. The number of benzene rings is 1. The number of aliphatic hydroxyl groups excluding tert-OH is 1. The topological polar surface area (TPSA) is 86.6 Å². The van der Waals surface area contributed by atoms with E-state index in [0.29, 0.717) is 0 Å². The van der Waals surface area contributed by atoms with Gasteiger partial charge in [-0.1, -0.05) is 0 Å². The lowest BCUT2D eigenvalue weighted by Gasteiger charge is -2.14. The Morgan fingerprint density at radius 3 is 2.53 bits per heavy atom. The summed E-state index contributed by atoms with van der Waals surface area (Å²) in [6.45, 7) is 0.0743. The second-order valence-electron chi connectivity index (χ2n) is 3.66. The number of phenols is 1. The molecule has 1 atom stereocenters. The highest BCUT2D eigenvalue weighted by Gasteiger charge is 2.24. The average molecular weight is 263 g/mol. The van der Waals surface area contributed by atoms with E-state index in [9.17, 15) is 23.0 Å². The highest BCUT2D eigenvalue weighted by molar-refractivity contribution is 7.90. The van der Waals surface area contributed by atoms with E-state index in [-0.39, 0.29) is 12.1 Å². The van der Waals surface area contributed by atoms with Crippen LogP contribution in [0.15, 0.2) is 17.0 Å². The lowest BCUT2D eigenvalue weighted by atomic mass is 10.1. The predicted octanol–water partition coefficient (Wildman–Crippen LogP) is 0.188. The van der Waals surface area contributed by atoms with Crippen LogP contribution in [0.1, 0.15) is 11.7 Å². The zero-order chi connectivity index (χ0) is 13.2. The normalized spacial score (nSPS) is 13.6. The number of nitrogens with one attached hydrogen (secondary N) is 1. The third-order valence-electron chi connectivity index (χ3n) is 2.23. The summed E-state index contributed by atoms with van der Waals surface area (Å²) in [5.41, 5.74) is -0.169. The van der Waals surface area contributed by atoms with Crippen molar-refractivity contribution in [3.05, 3.63) is 23.5 Å². The molecule has 0 fully saturated rings. The van der Waals surface area contributed by atoms with Crippen LogP contribution in [0.2, 0.25) is 0 Å². The van der Waals surface area contributed by atoms with Gasteiger partial charge in [-0.15, -0.1) is 0 Å². The number of sulfone groups is 1. The maximum absolute atomic E-state index is 13.9. The molecule has 7 heteroatoms. The number of phenolic OH excluding ortho intramolecular Hbond substituents is 1. The highest BCUT2D eigenvalue weighted by atomic mass is 32.2. The molecule has 0 amide bonds. The molecule has 0 saturated carbocycles. The van der Waals surface area contributed by atoms with Crippen molar-refractivity contribution in [2.75, 3.05) is 19.8 Å². The van der Waals surface area contributed by atoms with E-state index in [2.05, 4.69) is 5.32 Å². The van der Waals surface area contributed by atoms with E-state index in [4.69, 9.17) is 0 Å². The summed E-state index contributed by atoms with van der Waals surface area (Å²) in [6, 6.07) is 2.20. The Hall–Kier alpha value is -1.18. The van der Waals surface area contributed by atoms with Gasteiger partial charge in [-0.3, -0.25) is 0 Å². The third kappa shape index (κ3) is 2.93. The molecule has 5 nitrogen and oxygen atoms in total. The molecule has 0 heterocycles. The van der Waals surface area contributed by atoms with Gasteiger partial charge < -0.3 is 15.5 Å². The fourth-order valence-electron chi connectivity index (χ4n) is 1.47. The number of hydrogen-bond acceptors (Lipinski definition) is 5. The summed E-state index contributed by atoms with van der Waals surface area (Å²) in [5.74, 6) is -1.78. The molecule has 3 N–H and O–H groups in total. The molecule has 0 aliphatic carbocycles. The fourth-order valence-corrected chi connectivity index (χ4v) is 2.37. The van der Waals surface area contributed by atoms with Crippen LogP contribution in [-0.4, -0.2) is 38.5 Å². The minimum Gasteiger partial charge on any atom is -0.506 e. The number of likely N-dealkylation sites (N-methyl/N-ethyl adjacent to an activating group) is 1. The summed E-state index contributed by atoms with van der Waals surface area (Å²) in [7, 11) is -2.32. The second-order valence-corrected chi connectivity index (χ2v) is 5.62. The molecule has 96 valence electrons. The van der Waals surface area contributed by atoms with Crippen LogP contribution in [0.5, 0.6) is 5.75 Å². The van der Waals surface area contributed by atoms with Crippen LogP contribution in [0.3, 0.4) is 0 Å². The van der Waals surface area contributed by atoms with Gasteiger partial charge in [0.05, 0.1) is 6.10 Å². The average Bonchev–Trinajstić information content (AvgIpc) is 2.15. The van der Waals surface area contributed by atoms with Crippen molar-refractivity contribution >= 4 is 9.84 Å². The number of hydrogen-bond donors (Lipinski definition) is 3. The first-order valence-corrected chi connectivity index (χ1v) is 6.72. The molecule has 1 rings (SSSR count). The van der Waals surface area contributed by atoms with Crippen molar-refractivity contribution < 1.29 is 23.0 Å². The summed E-state index contributed by atoms with van der Waals surface area (Å²) in [4.78, 5) is -0.787. The Kier molecular flexibility index (Phi) is 4.07. The molecule has 0 aliphatic rings. The number of rotatable bonds is 4. The quantitative estimate of drug-likeness (QED) is 0.722. The van der Waals surface area contributed by atoms with Gasteiger partial charge in [0.1, 0.15) is 10.6 Å². The molecule has 1 aromatic carbocycles. The van der Waals surface area contributed by atoms with Crippen molar-refractivity contribution in [1.29, 1.82) is 0 Å². The second kappa shape index (κ2) is 4.99. The summed E-state index contributed by atoms with van der Waals surface area (Å²) in [6.07, 6.45) is -0.389. The first-order valence-electron chi connectivity index (χ1n) is 4.83. The molecule has 0 saturated heterocycles. The van der Waals surface area contributed by atoms with Gasteiger partial charge in [-0.25, -0.2) is 12.8 Å². The van der Waals surface area contributed by atoms with E-state index >= 15 is 0 Å². The van der Waals surface area contributed by atoms with Crippen molar-refractivity contribution in [2.24, 2.45) is 0 Å². The van der Waals surface area contributed by atoms with E-state index in [1.54, 1.807) is 7.05 Å². The third-order valence-corrected chi connectivity index (χ3v) is 3.36. The van der Waals surface area contributed by atoms with E-state index < -0.39 is 32.4 Å². The monoisotopic (exact) mass is 263 g/mol. The standard InChI is InChI=1S/C10H14FNO4S/c1-12-5-8(14)6-3-4-7(13)10(9(6)11)17(2,15)16/h3-4,8,12-14H,5H2,1-2H3. The summed E-state index contributed by atoms with van der Waals surface area (Å²) in [5, 5.41) is 21.6. The van der Waals surface area contributed by atoms with Crippen LogP contribution in [0.25, 0.3) is 0 Å². The molecular formula is C10H14FNO4S. The first kappa shape index (κ1) is 13.9. The van der Waals surface area contributed by atoms with Crippen LogP contribution >= 0.6 is 0 Å². The highest BCUT2D eigenvalue weighted by Crippen LogP contribution is 2.30. The molecule has 17 heavy (non-hydrogen) atoms. The Morgan fingerprint density at radius 1 is 1.47 bits per heavy atom. The van der Waals surface area contributed by atoms with Crippen molar-refractivity contribution in [2.45, 2.75) is 11.0 Å². The fraction of sp³-hybridized carbons (Fsp3) is 0.400. The molecule has 0 radical (unpaired) electrons. The van der Waals surface area contributed by atoms with Gasteiger partial charge in [-0.2, -0.15) is 0 Å². The summed E-state index contributed by atoms with van der Waals surface area (Å²) >= 11 is 0. The zero-order valence-electron chi connectivity index (χ0n) is 9.44. The van der Waals surface area contributed by atoms with Gasteiger partial charge in [0.2, 0.25) is 0 Å². The molecule has 0 aromatic heterocycles. The molecule has 1 unspecified atom stereocenters.